The van der Waals surface area contributed by atoms with Crippen LogP contribution >= 0.6 is 0 Å². The summed E-state index contributed by atoms with van der Waals surface area (Å²) >= 11 is 0. The molecule has 0 radical (unpaired) electrons. The van der Waals surface area contributed by atoms with Crippen LogP contribution in [-0.2, 0) is 9.53 Å². The summed E-state index contributed by atoms with van der Waals surface area (Å²) in [5.74, 6) is 0.441. The van der Waals surface area contributed by atoms with Crippen molar-refractivity contribution in [1.82, 2.24) is 15.2 Å². The van der Waals surface area contributed by atoms with E-state index in [2.05, 4.69) is 10.4 Å². The number of urea groups is 1. The first-order chi connectivity index (χ1) is 16.9. The molecule has 0 unspecified atom stereocenters. The number of rotatable bonds is 10. The third kappa shape index (κ3) is 6.27. The maximum Gasteiger partial charge on any atom is 0.317 e. The van der Waals surface area contributed by atoms with Crippen LogP contribution in [0.1, 0.15) is 30.5 Å². The molecule has 1 N–H and O–H groups in total. The summed E-state index contributed by atoms with van der Waals surface area (Å²) in [5, 5.41) is 8.72. The van der Waals surface area contributed by atoms with E-state index in [0.29, 0.717) is 30.2 Å². The molecule has 10 heteroatoms. The number of amides is 3. The molecular weight excluding hydrogens is 455 g/mol. The van der Waals surface area contributed by atoms with Gasteiger partial charge in [-0.15, -0.1) is 0 Å². The fourth-order valence-electron chi connectivity index (χ4n) is 3.84. The molecule has 1 aliphatic heterocycles. The normalized spacial score (nSPS) is 14.9. The molecule has 35 heavy (non-hydrogen) atoms. The second-order valence-electron chi connectivity index (χ2n) is 7.87. The molecule has 0 bridgehead atoms. The van der Waals surface area contributed by atoms with E-state index >= 15 is 0 Å². The van der Waals surface area contributed by atoms with E-state index in [0.717, 1.165) is 11.1 Å². The molecular formula is C25H31FN4O5. The van der Waals surface area contributed by atoms with Gasteiger partial charge in [-0.05, 0) is 36.8 Å². The Hall–Kier alpha value is -3.66. The first-order valence-corrected chi connectivity index (χ1v) is 11.3. The molecule has 0 saturated carbocycles. The molecule has 0 aliphatic carbocycles. The molecule has 1 aliphatic rings. The summed E-state index contributed by atoms with van der Waals surface area (Å²) in [7, 11) is 4.65. The van der Waals surface area contributed by atoms with E-state index in [-0.39, 0.29) is 37.5 Å². The van der Waals surface area contributed by atoms with Gasteiger partial charge in [0.15, 0.2) is 0 Å². The van der Waals surface area contributed by atoms with Crippen LogP contribution in [0.3, 0.4) is 0 Å². The maximum atomic E-state index is 13.6. The molecule has 188 valence electrons. The van der Waals surface area contributed by atoms with Crippen LogP contribution in [0.25, 0.3) is 0 Å². The van der Waals surface area contributed by atoms with Crippen LogP contribution in [0.15, 0.2) is 47.6 Å². The predicted molar refractivity (Wildman–Crippen MR) is 129 cm³/mol. The highest BCUT2D eigenvalue weighted by atomic mass is 19.1. The van der Waals surface area contributed by atoms with Crippen LogP contribution in [0.4, 0.5) is 9.18 Å². The zero-order chi connectivity index (χ0) is 25.4. The number of hydrogen-bond acceptors (Lipinski definition) is 6. The van der Waals surface area contributed by atoms with Crippen molar-refractivity contribution in [3.63, 3.8) is 0 Å². The lowest BCUT2D eigenvalue weighted by Crippen LogP contribution is -2.47. The average Bonchev–Trinajstić information content (AvgIpc) is 3.32. The monoisotopic (exact) mass is 486 g/mol. The quantitative estimate of drug-likeness (QED) is 0.557. The lowest BCUT2D eigenvalue weighted by atomic mass is 9.97. The third-order valence-electron chi connectivity index (χ3n) is 5.65. The van der Waals surface area contributed by atoms with E-state index in [9.17, 15) is 14.0 Å². The minimum Gasteiger partial charge on any atom is -0.497 e. The molecule has 9 nitrogen and oxygen atoms in total. The van der Waals surface area contributed by atoms with E-state index in [1.165, 1.54) is 29.2 Å². The lowest BCUT2D eigenvalue weighted by molar-refractivity contribution is -0.133. The Morgan fingerprint density at radius 1 is 1.14 bits per heavy atom. The highest BCUT2D eigenvalue weighted by Crippen LogP contribution is 2.36. The van der Waals surface area contributed by atoms with Crippen molar-refractivity contribution >= 4 is 17.6 Å². The van der Waals surface area contributed by atoms with Crippen LogP contribution in [0.5, 0.6) is 11.5 Å². The Morgan fingerprint density at radius 3 is 2.51 bits per heavy atom. The van der Waals surface area contributed by atoms with Crippen molar-refractivity contribution in [2.45, 2.75) is 19.4 Å². The summed E-state index contributed by atoms with van der Waals surface area (Å²) in [6.07, 6.45) is 0.388. The third-order valence-corrected chi connectivity index (χ3v) is 5.65. The molecule has 2 aromatic carbocycles. The van der Waals surface area contributed by atoms with Crippen LogP contribution in [-0.4, -0.2) is 75.1 Å². The van der Waals surface area contributed by atoms with E-state index in [4.69, 9.17) is 14.2 Å². The molecule has 3 rings (SSSR count). The van der Waals surface area contributed by atoms with Crippen LogP contribution in [0, 0.1) is 5.82 Å². The predicted octanol–water partition coefficient (Wildman–Crippen LogP) is 3.20. The molecule has 0 saturated heterocycles. The van der Waals surface area contributed by atoms with Crippen molar-refractivity contribution in [2.75, 3.05) is 47.6 Å². The number of halogens is 1. The smallest absolute Gasteiger partial charge is 0.317 e. The van der Waals surface area contributed by atoms with Gasteiger partial charge in [-0.25, -0.2) is 14.2 Å². The van der Waals surface area contributed by atoms with Gasteiger partial charge in [0, 0.05) is 38.2 Å². The number of carbonyl (C=O) groups is 2. The van der Waals surface area contributed by atoms with E-state index < -0.39 is 6.04 Å². The topological polar surface area (TPSA) is 92.7 Å². The number of carbonyl (C=O) groups excluding carboxylic acids is 2. The van der Waals surface area contributed by atoms with Gasteiger partial charge < -0.3 is 24.4 Å². The Morgan fingerprint density at radius 2 is 1.89 bits per heavy atom. The fraction of sp³-hybridized carbons (Fsp3) is 0.400. The van der Waals surface area contributed by atoms with Gasteiger partial charge >= 0.3 is 6.03 Å². The minimum atomic E-state index is -0.469. The largest absolute Gasteiger partial charge is 0.497 e. The number of benzene rings is 2. The average molecular weight is 487 g/mol. The Labute approximate surface area is 204 Å². The van der Waals surface area contributed by atoms with Crippen LogP contribution < -0.4 is 14.8 Å². The summed E-state index contributed by atoms with van der Waals surface area (Å²) < 4.78 is 29.5. The zero-order valence-electron chi connectivity index (χ0n) is 20.4. The number of hydrogen-bond donors (Lipinski definition) is 1. The zero-order valence-corrected chi connectivity index (χ0v) is 20.4. The number of methoxy groups -OCH3 is 3. The Balaban J connectivity index is 1.95. The molecule has 0 fully saturated rings. The summed E-state index contributed by atoms with van der Waals surface area (Å²) in [6.45, 7) is 2.56. The van der Waals surface area contributed by atoms with Gasteiger partial charge in [-0.3, -0.25) is 4.79 Å². The van der Waals surface area contributed by atoms with Crippen molar-refractivity contribution in [2.24, 2.45) is 5.10 Å². The number of hydrazone groups is 1. The molecule has 0 spiro atoms. The Bertz CT molecular complexity index is 1060. The molecule has 3 amide bonds. The number of nitrogens with one attached hydrogen (secondary N) is 1. The van der Waals surface area contributed by atoms with E-state index in [1.54, 1.807) is 45.4 Å². The van der Waals surface area contributed by atoms with Gasteiger partial charge in [-0.2, -0.15) is 5.10 Å². The second-order valence-corrected chi connectivity index (χ2v) is 7.87. The first-order valence-electron chi connectivity index (χ1n) is 11.3. The second kappa shape index (κ2) is 12.2. The van der Waals surface area contributed by atoms with Crippen molar-refractivity contribution in [3.05, 3.63) is 59.4 Å². The fourth-order valence-corrected chi connectivity index (χ4v) is 3.84. The highest BCUT2D eigenvalue weighted by Gasteiger charge is 2.35. The number of ether oxygens (including phenoxy) is 3. The minimum absolute atomic E-state index is 0.191. The van der Waals surface area contributed by atoms with Crippen LogP contribution in [0.2, 0.25) is 0 Å². The lowest BCUT2D eigenvalue weighted by Gasteiger charge is -2.27. The highest BCUT2D eigenvalue weighted by molar-refractivity contribution is 6.05. The summed E-state index contributed by atoms with van der Waals surface area (Å²) in [4.78, 5) is 27.3. The van der Waals surface area contributed by atoms with E-state index in [1.807, 2.05) is 6.07 Å². The molecule has 1 heterocycles. The SMILES string of the molecule is CCNC(=O)N(CCOC)CC(=O)N1N=C(c2ccc(OC)cc2OC)C[C@@H]1c1ccc(F)cc1. The Kier molecular flexibility index (Phi) is 9.02. The van der Waals surface area contributed by atoms with Crippen molar-refractivity contribution in [1.29, 1.82) is 0 Å². The first kappa shape index (κ1) is 26.0. The van der Waals surface area contributed by atoms with Gasteiger partial charge in [0.25, 0.3) is 5.91 Å². The standard InChI is InChI=1S/C25H31FN4O5/c1-5-27-25(32)29(12-13-33-2)16-24(31)30-22(17-6-8-18(26)9-7-17)15-21(28-30)20-11-10-19(34-3)14-23(20)35-4/h6-11,14,22H,5,12-13,15-16H2,1-4H3,(H,27,32)/t22-/m1/s1. The number of nitrogens with zero attached hydrogens (tertiary/aromatic N) is 3. The van der Waals surface area contributed by atoms with Crippen molar-refractivity contribution in [3.8, 4) is 11.5 Å². The molecule has 1 atom stereocenters. The van der Waals surface area contributed by atoms with Gasteiger partial charge in [0.2, 0.25) is 0 Å². The van der Waals surface area contributed by atoms with Gasteiger partial charge in [0.05, 0.1) is 32.6 Å². The molecule has 2 aromatic rings. The van der Waals surface area contributed by atoms with Gasteiger partial charge in [-0.1, -0.05) is 12.1 Å². The van der Waals surface area contributed by atoms with Crippen molar-refractivity contribution < 1.29 is 28.2 Å². The molecule has 0 aromatic heterocycles. The summed E-state index contributed by atoms with van der Waals surface area (Å²) in [6, 6.07) is 10.5. The maximum absolute atomic E-state index is 13.6. The van der Waals surface area contributed by atoms with Gasteiger partial charge in [0.1, 0.15) is 23.9 Å². The summed E-state index contributed by atoms with van der Waals surface area (Å²) in [5.41, 5.74) is 2.08.